The van der Waals surface area contributed by atoms with Crippen molar-refractivity contribution in [3.05, 3.63) is 70.5 Å². The van der Waals surface area contributed by atoms with Gasteiger partial charge in [0.25, 0.3) is 5.89 Å². The van der Waals surface area contributed by atoms with Gasteiger partial charge in [0, 0.05) is 23.6 Å². The summed E-state index contributed by atoms with van der Waals surface area (Å²) in [5, 5.41) is 6.22. The molecule has 0 unspecified atom stereocenters. The molecule has 0 aliphatic rings. The maximum Gasteiger partial charge on any atom is 0.390 e. The Bertz CT molecular complexity index is 1070. The van der Waals surface area contributed by atoms with E-state index in [1.807, 2.05) is 42.5 Å². The number of carbonyl (C=O) groups excluding carboxylic acids is 2. The van der Waals surface area contributed by atoms with Gasteiger partial charge in [-0.3, -0.25) is 4.79 Å². The molecule has 7 nitrogen and oxygen atoms in total. The van der Waals surface area contributed by atoms with E-state index in [0.29, 0.717) is 30.4 Å². The highest BCUT2D eigenvalue weighted by molar-refractivity contribution is 6.30. The SMILES string of the molecule is CCCCCCCCc1noc(-c2ccc(CN(CCc3cccc(Cl)c3)OC(=O)C=O)cc2)n1. The van der Waals surface area contributed by atoms with Crippen LogP contribution in [0.25, 0.3) is 11.5 Å². The molecule has 8 heteroatoms. The second-order valence-electron chi connectivity index (χ2n) is 8.50. The predicted octanol–water partition coefficient (Wildman–Crippen LogP) is 5.99. The third kappa shape index (κ3) is 9.26. The van der Waals surface area contributed by atoms with Crippen LogP contribution in [0.4, 0.5) is 0 Å². The molecule has 0 saturated heterocycles. The van der Waals surface area contributed by atoms with Crippen molar-refractivity contribution in [1.82, 2.24) is 15.2 Å². The summed E-state index contributed by atoms with van der Waals surface area (Å²) in [6.45, 7) is 2.95. The smallest absolute Gasteiger partial charge is 0.362 e. The zero-order valence-corrected chi connectivity index (χ0v) is 20.9. The quantitative estimate of drug-likeness (QED) is 0.110. The number of unbranched alkanes of at least 4 members (excludes halogenated alkanes) is 5. The largest absolute Gasteiger partial charge is 0.390 e. The van der Waals surface area contributed by atoms with E-state index in [2.05, 4.69) is 17.1 Å². The molecule has 3 rings (SSSR count). The zero-order chi connectivity index (χ0) is 24.9. The molecule has 0 spiro atoms. The van der Waals surface area contributed by atoms with Crippen LogP contribution in [0.3, 0.4) is 0 Å². The first-order valence-corrected chi connectivity index (χ1v) is 12.5. The Morgan fingerprint density at radius 1 is 1.03 bits per heavy atom. The number of benzene rings is 2. The summed E-state index contributed by atoms with van der Waals surface area (Å²) in [6, 6.07) is 15.1. The van der Waals surface area contributed by atoms with Crippen LogP contribution in [-0.2, 0) is 33.8 Å². The first-order valence-electron chi connectivity index (χ1n) is 12.2. The van der Waals surface area contributed by atoms with Crippen LogP contribution in [0, 0.1) is 0 Å². The predicted molar refractivity (Wildman–Crippen MR) is 135 cm³/mol. The molecule has 0 aliphatic carbocycles. The van der Waals surface area contributed by atoms with E-state index >= 15 is 0 Å². The normalized spacial score (nSPS) is 11.1. The maximum atomic E-state index is 11.6. The third-order valence-electron chi connectivity index (χ3n) is 5.64. The lowest BCUT2D eigenvalue weighted by atomic mass is 10.1. The number of halogens is 1. The van der Waals surface area contributed by atoms with Crippen molar-refractivity contribution in [3.63, 3.8) is 0 Å². The Morgan fingerprint density at radius 3 is 2.54 bits per heavy atom. The molecule has 35 heavy (non-hydrogen) atoms. The van der Waals surface area contributed by atoms with Gasteiger partial charge in [0.05, 0.1) is 6.54 Å². The van der Waals surface area contributed by atoms with Gasteiger partial charge in [-0.15, -0.1) is 5.06 Å². The number of carbonyl (C=O) groups is 2. The molecule has 0 aliphatic heterocycles. The number of hydroxylamine groups is 2. The molecule has 0 radical (unpaired) electrons. The van der Waals surface area contributed by atoms with Crippen LogP contribution in [-0.4, -0.2) is 34.0 Å². The van der Waals surface area contributed by atoms with Crippen molar-refractivity contribution in [2.75, 3.05) is 6.54 Å². The number of aryl methyl sites for hydroxylation is 1. The minimum Gasteiger partial charge on any atom is -0.362 e. The Labute approximate surface area is 211 Å². The summed E-state index contributed by atoms with van der Waals surface area (Å²) in [7, 11) is 0. The minimum absolute atomic E-state index is 0.161. The van der Waals surface area contributed by atoms with Gasteiger partial charge in [-0.05, 0) is 48.2 Å². The van der Waals surface area contributed by atoms with E-state index in [9.17, 15) is 9.59 Å². The fraction of sp³-hybridized carbons (Fsp3) is 0.407. The van der Waals surface area contributed by atoms with Gasteiger partial charge in [-0.25, -0.2) is 4.79 Å². The number of aromatic nitrogens is 2. The first-order chi connectivity index (χ1) is 17.1. The summed E-state index contributed by atoms with van der Waals surface area (Å²) in [5.41, 5.74) is 2.74. The molecule has 186 valence electrons. The Kier molecular flexibility index (Phi) is 10.9. The summed E-state index contributed by atoms with van der Waals surface area (Å²) < 4.78 is 5.44. The molecule has 0 atom stereocenters. The van der Waals surface area contributed by atoms with Crippen molar-refractivity contribution < 1.29 is 18.9 Å². The van der Waals surface area contributed by atoms with Crippen LogP contribution in [0.5, 0.6) is 0 Å². The topological polar surface area (TPSA) is 85.5 Å². The van der Waals surface area contributed by atoms with Gasteiger partial charge in [0.2, 0.25) is 6.29 Å². The first kappa shape index (κ1) is 26.6. The van der Waals surface area contributed by atoms with Gasteiger partial charge in [-0.1, -0.05) is 80.1 Å². The van der Waals surface area contributed by atoms with Crippen LogP contribution in [0.1, 0.15) is 62.4 Å². The monoisotopic (exact) mass is 497 g/mol. The lowest BCUT2D eigenvalue weighted by Crippen LogP contribution is -2.29. The highest BCUT2D eigenvalue weighted by atomic mass is 35.5. The molecule has 1 aromatic heterocycles. The highest BCUT2D eigenvalue weighted by Gasteiger charge is 2.14. The van der Waals surface area contributed by atoms with Gasteiger partial charge in [0.15, 0.2) is 5.82 Å². The van der Waals surface area contributed by atoms with Crippen molar-refractivity contribution >= 4 is 23.9 Å². The number of nitrogens with zero attached hydrogens (tertiary/aromatic N) is 3. The van der Waals surface area contributed by atoms with Crippen LogP contribution < -0.4 is 0 Å². The summed E-state index contributed by atoms with van der Waals surface area (Å²) in [6.07, 6.45) is 8.90. The number of aldehydes is 1. The van der Waals surface area contributed by atoms with Crippen molar-refractivity contribution in [2.24, 2.45) is 0 Å². The van der Waals surface area contributed by atoms with Crippen LogP contribution >= 0.6 is 11.6 Å². The molecule has 0 bridgehead atoms. The number of rotatable bonds is 15. The summed E-state index contributed by atoms with van der Waals surface area (Å²) >= 11 is 6.05. The second kappa shape index (κ2) is 14.4. The molecule has 0 fully saturated rings. The molecule has 1 heterocycles. The third-order valence-corrected chi connectivity index (χ3v) is 5.87. The molecule has 0 N–H and O–H groups in total. The lowest BCUT2D eigenvalue weighted by Gasteiger charge is -2.20. The summed E-state index contributed by atoms with van der Waals surface area (Å²) in [5.74, 6) is 0.284. The summed E-state index contributed by atoms with van der Waals surface area (Å²) in [4.78, 5) is 32.1. The minimum atomic E-state index is -0.934. The molecular formula is C27H32ClN3O4. The van der Waals surface area contributed by atoms with E-state index in [0.717, 1.165) is 35.4 Å². The highest BCUT2D eigenvalue weighted by Crippen LogP contribution is 2.20. The molecule has 0 amide bonds. The van der Waals surface area contributed by atoms with Crippen molar-refractivity contribution in [3.8, 4) is 11.5 Å². The van der Waals surface area contributed by atoms with Crippen LogP contribution in [0.2, 0.25) is 5.02 Å². The van der Waals surface area contributed by atoms with E-state index in [-0.39, 0.29) is 6.29 Å². The van der Waals surface area contributed by atoms with Gasteiger partial charge in [0.1, 0.15) is 0 Å². The van der Waals surface area contributed by atoms with E-state index in [1.54, 1.807) is 6.07 Å². The Balaban J connectivity index is 1.55. The van der Waals surface area contributed by atoms with E-state index in [4.69, 9.17) is 21.0 Å². The zero-order valence-electron chi connectivity index (χ0n) is 20.1. The Hall–Kier alpha value is -3.03. The van der Waals surface area contributed by atoms with Gasteiger partial charge < -0.3 is 9.36 Å². The molecule has 2 aromatic carbocycles. The van der Waals surface area contributed by atoms with Crippen molar-refractivity contribution in [2.45, 2.75) is 64.8 Å². The van der Waals surface area contributed by atoms with Gasteiger partial charge in [-0.2, -0.15) is 4.98 Å². The molecule has 3 aromatic rings. The lowest BCUT2D eigenvalue weighted by molar-refractivity contribution is -0.191. The van der Waals surface area contributed by atoms with Crippen LogP contribution in [0.15, 0.2) is 53.1 Å². The molecular weight excluding hydrogens is 466 g/mol. The van der Waals surface area contributed by atoms with E-state index < -0.39 is 5.97 Å². The number of hydrogen-bond acceptors (Lipinski definition) is 7. The fourth-order valence-corrected chi connectivity index (χ4v) is 3.96. The van der Waals surface area contributed by atoms with Gasteiger partial charge >= 0.3 is 5.97 Å². The fourth-order valence-electron chi connectivity index (χ4n) is 3.74. The average molecular weight is 498 g/mol. The standard InChI is InChI=1S/C27H32ClN3O4/c1-2-3-4-5-6-7-11-25-29-27(34-30-25)23-14-12-22(13-15-23)19-31(35-26(33)20-32)17-16-21-9-8-10-24(28)18-21/h8-10,12-15,18,20H,2-7,11,16-17,19H2,1H3. The second-order valence-corrected chi connectivity index (χ2v) is 8.94. The average Bonchev–Trinajstić information content (AvgIpc) is 3.34. The van der Waals surface area contributed by atoms with E-state index in [1.165, 1.54) is 37.2 Å². The van der Waals surface area contributed by atoms with Crippen molar-refractivity contribution in [1.29, 1.82) is 0 Å². The Morgan fingerprint density at radius 2 is 1.80 bits per heavy atom. The maximum absolute atomic E-state index is 11.6. The molecule has 0 saturated carbocycles. The number of hydrogen-bond donors (Lipinski definition) is 0.